The van der Waals surface area contributed by atoms with E-state index < -0.39 is 0 Å². The van der Waals surface area contributed by atoms with Gasteiger partial charge in [0.15, 0.2) is 0 Å². The molecule has 0 N–H and O–H groups in total. The maximum Gasteiger partial charge on any atom is 0.299 e. The summed E-state index contributed by atoms with van der Waals surface area (Å²) in [5.41, 5.74) is 2.49. The first-order valence-electron chi connectivity index (χ1n) is 10.1. The summed E-state index contributed by atoms with van der Waals surface area (Å²) in [6.45, 7) is 6.27. The molecular formula is C21H21FN6O2S. The van der Waals surface area contributed by atoms with Gasteiger partial charge in [0.1, 0.15) is 22.9 Å². The van der Waals surface area contributed by atoms with Gasteiger partial charge in [0.25, 0.3) is 5.56 Å². The van der Waals surface area contributed by atoms with E-state index in [2.05, 4.69) is 15.0 Å². The Morgan fingerprint density at radius 1 is 1.13 bits per heavy atom. The molecule has 31 heavy (non-hydrogen) atoms. The van der Waals surface area contributed by atoms with E-state index >= 15 is 0 Å². The summed E-state index contributed by atoms with van der Waals surface area (Å²) in [5, 5.41) is 5.01. The van der Waals surface area contributed by atoms with Crippen molar-refractivity contribution in [2.24, 2.45) is 0 Å². The minimum atomic E-state index is -0.262. The number of hydrogen-bond acceptors (Lipinski definition) is 6. The van der Waals surface area contributed by atoms with Crippen molar-refractivity contribution in [1.82, 2.24) is 24.1 Å². The zero-order chi connectivity index (χ0) is 21.7. The summed E-state index contributed by atoms with van der Waals surface area (Å²) in [7, 11) is 0. The molecule has 4 heterocycles. The Labute approximate surface area is 181 Å². The van der Waals surface area contributed by atoms with E-state index in [4.69, 9.17) is 0 Å². The summed E-state index contributed by atoms with van der Waals surface area (Å²) in [6, 6.07) is 8.23. The van der Waals surface area contributed by atoms with Gasteiger partial charge in [-0.2, -0.15) is 9.61 Å². The Kier molecular flexibility index (Phi) is 4.73. The molecule has 1 saturated heterocycles. The van der Waals surface area contributed by atoms with Gasteiger partial charge in [-0.05, 0) is 44.2 Å². The Balaban J connectivity index is 1.36. The molecule has 0 unspecified atom stereocenters. The van der Waals surface area contributed by atoms with Gasteiger partial charge in [-0.15, -0.1) is 0 Å². The maximum atomic E-state index is 13.2. The second kappa shape index (κ2) is 7.45. The second-order valence-electron chi connectivity index (χ2n) is 7.68. The van der Waals surface area contributed by atoms with E-state index in [0.29, 0.717) is 42.2 Å². The highest BCUT2D eigenvalue weighted by Crippen LogP contribution is 2.20. The van der Waals surface area contributed by atoms with Crippen LogP contribution in [0.5, 0.6) is 0 Å². The van der Waals surface area contributed by atoms with Gasteiger partial charge < -0.3 is 14.4 Å². The van der Waals surface area contributed by atoms with Crippen molar-refractivity contribution >= 4 is 38.9 Å². The highest BCUT2D eigenvalue weighted by molar-refractivity contribution is 7.16. The van der Waals surface area contributed by atoms with Crippen molar-refractivity contribution in [3.05, 3.63) is 57.2 Å². The van der Waals surface area contributed by atoms with E-state index in [9.17, 15) is 14.0 Å². The molecule has 10 heteroatoms. The van der Waals surface area contributed by atoms with Crippen LogP contribution >= 0.6 is 11.3 Å². The number of hydrogen-bond donors (Lipinski definition) is 0. The molecule has 0 aliphatic carbocycles. The lowest BCUT2D eigenvalue weighted by Gasteiger charge is -2.36. The number of aryl methyl sites for hydroxylation is 2. The van der Waals surface area contributed by atoms with Crippen LogP contribution in [0.3, 0.4) is 0 Å². The third-order valence-electron chi connectivity index (χ3n) is 5.67. The smallest absolute Gasteiger partial charge is 0.299 e. The molecule has 1 aliphatic rings. The van der Waals surface area contributed by atoms with Crippen LogP contribution in [0.15, 0.2) is 35.1 Å². The number of nitrogens with zero attached hydrogens (tertiary/aromatic N) is 6. The van der Waals surface area contributed by atoms with Crippen LogP contribution in [-0.2, 0) is 11.3 Å². The van der Waals surface area contributed by atoms with Gasteiger partial charge in [0.2, 0.25) is 10.9 Å². The van der Waals surface area contributed by atoms with E-state index in [-0.39, 0.29) is 23.8 Å². The summed E-state index contributed by atoms with van der Waals surface area (Å²) in [4.78, 5) is 35.1. The van der Waals surface area contributed by atoms with Gasteiger partial charge in [-0.3, -0.25) is 9.59 Å². The summed E-state index contributed by atoms with van der Waals surface area (Å²) < 4.78 is 16.2. The highest BCUT2D eigenvalue weighted by Gasteiger charge is 2.24. The molecule has 1 fully saturated rings. The molecule has 0 spiro atoms. The molecule has 0 saturated carbocycles. The Bertz CT molecular complexity index is 1350. The topological polar surface area (TPSA) is 75.7 Å². The zero-order valence-electron chi connectivity index (χ0n) is 17.2. The zero-order valence-corrected chi connectivity index (χ0v) is 18.0. The largest absolute Gasteiger partial charge is 0.368 e. The van der Waals surface area contributed by atoms with Crippen LogP contribution in [0.2, 0.25) is 0 Å². The van der Waals surface area contributed by atoms with Gasteiger partial charge in [0, 0.05) is 37.6 Å². The molecule has 1 amide bonds. The number of amides is 1. The Morgan fingerprint density at radius 2 is 1.84 bits per heavy atom. The molecule has 3 aromatic heterocycles. The number of rotatable bonds is 3. The maximum absolute atomic E-state index is 13.2. The Morgan fingerprint density at radius 3 is 2.55 bits per heavy atom. The fraction of sp³-hybridized carbons (Fsp3) is 0.333. The fourth-order valence-electron chi connectivity index (χ4n) is 4.06. The second-order valence-corrected chi connectivity index (χ2v) is 8.84. The fourth-order valence-corrected chi connectivity index (χ4v) is 4.80. The molecule has 4 aromatic rings. The lowest BCUT2D eigenvalue weighted by atomic mass is 10.2. The number of piperazine rings is 1. The monoisotopic (exact) mass is 440 g/mol. The summed E-state index contributed by atoms with van der Waals surface area (Å²) >= 11 is 1.36. The van der Waals surface area contributed by atoms with Crippen molar-refractivity contribution in [2.45, 2.75) is 20.4 Å². The number of benzene rings is 1. The molecule has 160 valence electrons. The molecule has 0 radical (unpaired) electrons. The molecule has 0 atom stereocenters. The average Bonchev–Trinajstić information content (AvgIpc) is 3.28. The summed E-state index contributed by atoms with van der Waals surface area (Å²) in [6.07, 6.45) is 0. The average molecular weight is 441 g/mol. The van der Waals surface area contributed by atoms with Crippen molar-refractivity contribution in [1.29, 1.82) is 0 Å². The Hall–Kier alpha value is -3.27. The number of anilines is 1. The van der Waals surface area contributed by atoms with Gasteiger partial charge >= 0.3 is 0 Å². The minimum absolute atomic E-state index is 0.0432. The van der Waals surface area contributed by atoms with Gasteiger partial charge in [0.05, 0.1) is 5.52 Å². The van der Waals surface area contributed by atoms with Crippen molar-refractivity contribution in [3.63, 3.8) is 0 Å². The van der Waals surface area contributed by atoms with Crippen molar-refractivity contribution < 1.29 is 9.18 Å². The van der Waals surface area contributed by atoms with Crippen LogP contribution in [0.25, 0.3) is 16.0 Å². The predicted molar refractivity (Wildman–Crippen MR) is 117 cm³/mol. The lowest BCUT2D eigenvalue weighted by molar-refractivity contribution is -0.132. The first-order chi connectivity index (χ1) is 14.9. The molecule has 5 rings (SSSR count). The standard InChI is InChI=1S/C21H21FN6O2S/c1-13-11-17-19(20(30)28-21(23-17)31-14(2)24-28)27(13)12-18(29)26-9-7-25(8-10-26)16-5-3-15(22)4-6-16/h3-6,11H,7-10,12H2,1-2H3. The van der Waals surface area contributed by atoms with Crippen LogP contribution in [-0.4, -0.2) is 56.2 Å². The number of fused-ring (bicyclic) bond motifs is 2. The highest BCUT2D eigenvalue weighted by atomic mass is 32.1. The number of halogens is 1. The normalized spacial score (nSPS) is 14.7. The molecule has 8 nitrogen and oxygen atoms in total. The lowest BCUT2D eigenvalue weighted by Crippen LogP contribution is -2.49. The molecule has 1 aliphatic heterocycles. The van der Waals surface area contributed by atoms with E-state index in [1.807, 2.05) is 24.8 Å². The summed E-state index contributed by atoms with van der Waals surface area (Å²) in [5.74, 6) is -0.305. The van der Waals surface area contributed by atoms with Crippen LogP contribution in [0, 0.1) is 19.7 Å². The predicted octanol–water partition coefficient (Wildman–Crippen LogP) is 2.21. The SMILES string of the molecule is Cc1nn2c(=O)c3c(cc(C)n3CC(=O)N3CCN(c4ccc(F)cc4)CC3)nc2s1. The van der Waals surface area contributed by atoms with E-state index in [1.165, 1.54) is 28.0 Å². The molecule has 0 bridgehead atoms. The van der Waals surface area contributed by atoms with Gasteiger partial charge in [-0.25, -0.2) is 9.37 Å². The van der Waals surface area contributed by atoms with Crippen LogP contribution in [0.4, 0.5) is 10.1 Å². The number of carbonyl (C=O) groups excluding carboxylic acids is 1. The number of aromatic nitrogens is 4. The van der Waals surface area contributed by atoms with E-state index in [1.54, 1.807) is 16.7 Å². The van der Waals surface area contributed by atoms with Crippen LogP contribution in [0.1, 0.15) is 10.7 Å². The third-order valence-corrected chi connectivity index (χ3v) is 6.50. The third kappa shape index (κ3) is 3.46. The molecular weight excluding hydrogens is 419 g/mol. The first kappa shape index (κ1) is 19.7. The van der Waals surface area contributed by atoms with Crippen LogP contribution < -0.4 is 10.5 Å². The first-order valence-corrected chi connectivity index (χ1v) is 10.9. The van der Waals surface area contributed by atoms with E-state index in [0.717, 1.165) is 16.4 Å². The van der Waals surface area contributed by atoms with Crippen molar-refractivity contribution in [3.8, 4) is 0 Å². The number of carbonyl (C=O) groups is 1. The molecule has 1 aromatic carbocycles. The minimum Gasteiger partial charge on any atom is -0.368 e. The van der Waals surface area contributed by atoms with Crippen molar-refractivity contribution in [2.75, 3.05) is 31.1 Å². The van der Waals surface area contributed by atoms with Gasteiger partial charge in [-0.1, -0.05) is 11.3 Å². The quantitative estimate of drug-likeness (QED) is 0.488.